The van der Waals surface area contributed by atoms with Gasteiger partial charge in [-0.1, -0.05) is 0 Å². The summed E-state index contributed by atoms with van der Waals surface area (Å²) in [5.41, 5.74) is 3.95. The highest BCUT2D eigenvalue weighted by Crippen LogP contribution is 2.34. The minimum atomic E-state index is -4.66. The Morgan fingerprint density at radius 3 is 2.56 bits per heavy atom. The average molecular weight is 360 g/mol. The van der Waals surface area contributed by atoms with Crippen LogP contribution in [0.5, 0.6) is 0 Å². The van der Waals surface area contributed by atoms with Gasteiger partial charge in [-0.3, -0.25) is 14.9 Å². The highest BCUT2D eigenvalue weighted by molar-refractivity contribution is 5.77. The van der Waals surface area contributed by atoms with Gasteiger partial charge in [-0.25, -0.2) is 0 Å². The molecule has 1 aromatic carbocycles. The van der Waals surface area contributed by atoms with Crippen LogP contribution in [0, 0.1) is 10.1 Å². The zero-order valence-electron chi connectivity index (χ0n) is 13.4. The Hall–Kier alpha value is -2.36. The van der Waals surface area contributed by atoms with E-state index in [-0.39, 0.29) is 30.6 Å². The molecule has 1 fully saturated rings. The lowest BCUT2D eigenvalue weighted by atomic mass is 10.1. The number of nitro benzene ring substituents is 1. The Morgan fingerprint density at radius 2 is 2.00 bits per heavy atom. The number of benzene rings is 1. The summed E-state index contributed by atoms with van der Waals surface area (Å²) in [4.78, 5) is 23.8. The largest absolute Gasteiger partial charge is 0.416 e. The molecule has 2 rings (SSSR count). The van der Waals surface area contributed by atoms with Crippen LogP contribution in [0.3, 0.4) is 0 Å². The lowest BCUT2D eigenvalue weighted by molar-refractivity contribution is -0.384. The summed E-state index contributed by atoms with van der Waals surface area (Å²) in [5.74, 6) is -0.117. The lowest BCUT2D eigenvalue weighted by Gasteiger charge is -2.30. The third-order valence-corrected chi connectivity index (χ3v) is 4.07. The molecule has 0 bridgehead atoms. The Morgan fingerprint density at radius 1 is 1.36 bits per heavy atom. The zero-order valence-corrected chi connectivity index (χ0v) is 13.4. The maximum absolute atomic E-state index is 12.7. The minimum absolute atomic E-state index is 0.0496. The topological polar surface area (TPSA) is 102 Å². The number of carbonyl (C=O) groups excluding carboxylic acids is 1. The van der Waals surface area contributed by atoms with Gasteiger partial charge in [-0.2, -0.15) is 13.2 Å². The van der Waals surface area contributed by atoms with E-state index in [2.05, 4.69) is 5.32 Å². The summed E-state index contributed by atoms with van der Waals surface area (Å²) in [6.45, 7) is 1.23. The molecule has 1 heterocycles. The van der Waals surface area contributed by atoms with Gasteiger partial charge < -0.3 is 16.0 Å². The molecule has 1 aliphatic rings. The third-order valence-electron chi connectivity index (χ3n) is 4.07. The lowest BCUT2D eigenvalue weighted by Crippen LogP contribution is -2.43. The van der Waals surface area contributed by atoms with E-state index >= 15 is 0 Å². The molecule has 138 valence electrons. The Bertz CT molecular complexity index is 643. The maximum Gasteiger partial charge on any atom is 0.416 e. The van der Waals surface area contributed by atoms with Crippen LogP contribution in [0.1, 0.15) is 24.8 Å². The molecule has 1 amide bonds. The summed E-state index contributed by atoms with van der Waals surface area (Å²) in [6.07, 6.45) is -3.12. The second kappa shape index (κ2) is 7.68. The number of amides is 1. The van der Waals surface area contributed by atoms with Gasteiger partial charge in [0.05, 0.1) is 10.5 Å². The number of carbonyl (C=O) groups is 1. The van der Waals surface area contributed by atoms with Crippen LogP contribution >= 0.6 is 0 Å². The molecule has 1 saturated heterocycles. The van der Waals surface area contributed by atoms with Crippen molar-refractivity contribution in [3.05, 3.63) is 33.9 Å². The molecule has 0 radical (unpaired) electrons. The van der Waals surface area contributed by atoms with Gasteiger partial charge in [0.2, 0.25) is 5.91 Å². The van der Waals surface area contributed by atoms with Gasteiger partial charge in [-0.05, 0) is 25.0 Å². The van der Waals surface area contributed by atoms with Crippen molar-refractivity contribution < 1.29 is 22.9 Å². The average Bonchev–Trinajstić information content (AvgIpc) is 2.54. The molecule has 0 atom stereocenters. The van der Waals surface area contributed by atoms with E-state index in [4.69, 9.17) is 5.73 Å². The van der Waals surface area contributed by atoms with Crippen molar-refractivity contribution in [2.45, 2.75) is 31.5 Å². The first-order valence-corrected chi connectivity index (χ1v) is 7.81. The molecular weight excluding hydrogens is 341 g/mol. The van der Waals surface area contributed by atoms with Crippen LogP contribution in [0.4, 0.5) is 24.5 Å². The van der Waals surface area contributed by atoms with Crippen molar-refractivity contribution in [2.75, 3.05) is 25.0 Å². The third kappa shape index (κ3) is 5.05. The zero-order chi connectivity index (χ0) is 18.6. The summed E-state index contributed by atoms with van der Waals surface area (Å²) >= 11 is 0. The van der Waals surface area contributed by atoms with Crippen LogP contribution in [0.25, 0.3) is 0 Å². The molecule has 0 aliphatic carbocycles. The van der Waals surface area contributed by atoms with Crippen molar-refractivity contribution in [2.24, 2.45) is 5.73 Å². The van der Waals surface area contributed by atoms with Crippen LogP contribution in [-0.2, 0) is 11.0 Å². The normalized spacial score (nSPS) is 15.9. The van der Waals surface area contributed by atoms with Crippen molar-refractivity contribution in [1.82, 2.24) is 4.90 Å². The van der Waals surface area contributed by atoms with Crippen LogP contribution in [0.15, 0.2) is 18.2 Å². The fourth-order valence-corrected chi connectivity index (χ4v) is 2.62. The Balaban J connectivity index is 1.96. The highest BCUT2D eigenvalue weighted by Gasteiger charge is 2.33. The van der Waals surface area contributed by atoms with Crippen LogP contribution < -0.4 is 11.1 Å². The summed E-state index contributed by atoms with van der Waals surface area (Å²) < 4.78 is 38.0. The smallest absolute Gasteiger partial charge is 0.379 e. The molecule has 7 nitrogen and oxygen atoms in total. The molecule has 0 saturated carbocycles. The number of rotatable bonds is 5. The standard InChI is InChI=1S/C15H19F3N4O3/c16-15(17,18)10-1-2-12(13(9-10)22(24)25)20-6-3-14(23)21-7-4-11(19)5-8-21/h1-2,9,11,20H,3-8,19H2. The molecule has 1 aliphatic heterocycles. The Kier molecular flexibility index (Phi) is 5.83. The van der Waals surface area contributed by atoms with Crippen LogP contribution in [-0.4, -0.2) is 41.4 Å². The number of nitrogens with zero attached hydrogens (tertiary/aromatic N) is 2. The van der Waals surface area contributed by atoms with Gasteiger partial charge in [0, 0.05) is 38.2 Å². The van der Waals surface area contributed by atoms with E-state index < -0.39 is 22.4 Å². The van der Waals surface area contributed by atoms with Crippen molar-refractivity contribution in [3.8, 4) is 0 Å². The number of nitro groups is 1. The second-order valence-corrected chi connectivity index (χ2v) is 5.88. The maximum atomic E-state index is 12.7. The minimum Gasteiger partial charge on any atom is -0.379 e. The first-order valence-electron chi connectivity index (χ1n) is 7.81. The fourth-order valence-electron chi connectivity index (χ4n) is 2.62. The number of hydrogen-bond acceptors (Lipinski definition) is 5. The van der Waals surface area contributed by atoms with E-state index in [1.165, 1.54) is 0 Å². The number of nitrogens with one attached hydrogen (secondary N) is 1. The van der Waals surface area contributed by atoms with Gasteiger partial charge in [0.15, 0.2) is 0 Å². The summed E-state index contributed by atoms with van der Waals surface area (Å²) in [5, 5.41) is 13.7. The quantitative estimate of drug-likeness (QED) is 0.620. The van der Waals surface area contributed by atoms with Crippen molar-refractivity contribution in [3.63, 3.8) is 0 Å². The number of nitrogens with two attached hydrogens (primary N) is 1. The van der Waals surface area contributed by atoms with E-state index in [0.717, 1.165) is 25.0 Å². The summed E-state index contributed by atoms with van der Waals surface area (Å²) in [7, 11) is 0. The molecule has 10 heteroatoms. The first kappa shape index (κ1) is 19.0. The van der Waals surface area contributed by atoms with Gasteiger partial charge in [-0.15, -0.1) is 0 Å². The fraction of sp³-hybridized carbons (Fsp3) is 0.533. The first-order chi connectivity index (χ1) is 11.7. The van der Waals surface area contributed by atoms with Gasteiger partial charge in [0.25, 0.3) is 5.69 Å². The van der Waals surface area contributed by atoms with Gasteiger partial charge >= 0.3 is 6.18 Å². The van der Waals surface area contributed by atoms with E-state index in [9.17, 15) is 28.1 Å². The number of halogens is 3. The molecule has 0 spiro atoms. The molecule has 0 aromatic heterocycles. The molecular formula is C15H19F3N4O3. The molecule has 25 heavy (non-hydrogen) atoms. The highest BCUT2D eigenvalue weighted by atomic mass is 19.4. The SMILES string of the molecule is NC1CCN(C(=O)CCNc2ccc(C(F)(F)F)cc2[N+](=O)[O-])CC1. The summed E-state index contributed by atoms with van der Waals surface area (Å²) in [6, 6.07) is 2.35. The second-order valence-electron chi connectivity index (χ2n) is 5.88. The Labute approximate surface area is 142 Å². The molecule has 3 N–H and O–H groups in total. The van der Waals surface area contributed by atoms with E-state index in [1.54, 1.807) is 4.90 Å². The predicted octanol–water partition coefficient (Wildman–Crippen LogP) is 2.37. The van der Waals surface area contributed by atoms with E-state index in [1.807, 2.05) is 0 Å². The van der Waals surface area contributed by atoms with Crippen LogP contribution in [0.2, 0.25) is 0 Å². The van der Waals surface area contributed by atoms with E-state index in [0.29, 0.717) is 19.2 Å². The number of likely N-dealkylation sites (tertiary alicyclic amines) is 1. The van der Waals surface area contributed by atoms with Gasteiger partial charge in [0.1, 0.15) is 5.69 Å². The molecule has 0 unspecified atom stereocenters. The van der Waals surface area contributed by atoms with Crippen molar-refractivity contribution >= 4 is 17.3 Å². The monoisotopic (exact) mass is 360 g/mol. The number of piperidine rings is 1. The number of alkyl halides is 3. The molecule has 1 aromatic rings. The predicted molar refractivity (Wildman–Crippen MR) is 85.0 cm³/mol. The van der Waals surface area contributed by atoms with Crippen molar-refractivity contribution in [1.29, 1.82) is 0 Å². The number of anilines is 1. The number of hydrogen-bond donors (Lipinski definition) is 2.